The average Bonchev–Trinajstić information content (AvgIpc) is 2.33. The summed E-state index contributed by atoms with van der Waals surface area (Å²) < 4.78 is 13.9. The van der Waals surface area contributed by atoms with Gasteiger partial charge in [0.2, 0.25) is 0 Å². The maximum Gasteiger partial charge on any atom is 0.259 e. The molecule has 0 aromatic heterocycles. The fourth-order valence-electron chi connectivity index (χ4n) is 1.57. The van der Waals surface area contributed by atoms with Crippen molar-refractivity contribution >= 4 is 34.2 Å². The fraction of sp³-hybridized carbons (Fsp3) is 0.0714. The summed E-state index contributed by atoms with van der Waals surface area (Å²) in [7, 11) is 0. The average molecular weight is 371 g/mol. The Morgan fingerprint density at radius 3 is 2.63 bits per heavy atom. The predicted octanol–water partition coefficient (Wildman–Crippen LogP) is 3.70. The van der Waals surface area contributed by atoms with Gasteiger partial charge in [0.15, 0.2) is 0 Å². The second-order valence-corrected chi connectivity index (χ2v) is 5.24. The van der Waals surface area contributed by atoms with E-state index >= 15 is 0 Å². The smallest absolute Gasteiger partial charge is 0.259 e. The molecule has 0 aliphatic rings. The number of aryl methyl sites for hydroxylation is 1. The van der Waals surface area contributed by atoms with Crippen LogP contribution in [0.2, 0.25) is 0 Å². The molecular formula is C14H11FINO2. The van der Waals surface area contributed by atoms with Crippen LogP contribution in [0.25, 0.3) is 0 Å². The van der Waals surface area contributed by atoms with Crippen molar-refractivity contribution in [1.82, 2.24) is 0 Å². The van der Waals surface area contributed by atoms with Crippen LogP contribution in [0.4, 0.5) is 10.1 Å². The molecule has 0 heterocycles. The van der Waals surface area contributed by atoms with Gasteiger partial charge in [0.05, 0.1) is 5.56 Å². The van der Waals surface area contributed by atoms with Crippen LogP contribution < -0.4 is 5.32 Å². The first kappa shape index (κ1) is 13.8. The van der Waals surface area contributed by atoms with E-state index in [-0.39, 0.29) is 11.3 Å². The third-order valence-electron chi connectivity index (χ3n) is 2.63. The van der Waals surface area contributed by atoms with E-state index in [1.165, 1.54) is 6.07 Å². The van der Waals surface area contributed by atoms with E-state index in [0.717, 1.165) is 21.3 Å². The van der Waals surface area contributed by atoms with Crippen molar-refractivity contribution in [1.29, 1.82) is 0 Å². The molecular weight excluding hydrogens is 360 g/mol. The summed E-state index contributed by atoms with van der Waals surface area (Å²) in [6.45, 7) is 1.97. The molecule has 0 saturated carbocycles. The van der Waals surface area contributed by atoms with Gasteiger partial charge in [-0.2, -0.15) is 0 Å². The van der Waals surface area contributed by atoms with Crippen molar-refractivity contribution in [3.63, 3.8) is 0 Å². The Labute approximate surface area is 123 Å². The van der Waals surface area contributed by atoms with E-state index in [9.17, 15) is 14.3 Å². The molecule has 0 atom stereocenters. The Kier molecular flexibility index (Phi) is 4.04. The molecule has 2 N–H and O–H groups in total. The van der Waals surface area contributed by atoms with Crippen LogP contribution in [0, 0.1) is 16.3 Å². The summed E-state index contributed by atoms with van der Waals surface area (Å²) in [6.07, 6.45) is 0. The molecule has 0 aliphatic carbocycles. The van der Waals surface area contributed by atoms with Crippen molar-refractivity contribution in [2.24, 2.45) is 0 Å². The third-order valence-corrected chi connectivity index (χ3v) is 3.80. The molecule has 1 amide bonds. The van der Waals surface area contributed by atoms with Gasteiger partial charge >= 0.3 is 0 Å². The number of phenols is 1. The lowest BCUT2D eigenvalue weighted by molar-refractivity contribution is 0.102. The number of anilines is 1. The zero-order valence-corrected chi connectivity index (χ0v) is 12.2. The maximum atomic E-state index is 12.8. The van der Waals surface area contributed by atoms with Crippen LogP contribution >= 0.6 is 22.6 Å². The quantitative estimate of drug-likeness (QED) is 0.792. The van der Waals surface area contributed by atoms with Gasteiger partial charge in [0.25, 0.3) is 5.91 Å². The van der Waals surface area contributed by atoms with Gasteiger partial charge in [0, 0.05) is 15.3 Å². The van der Waals surface area contributed by atoms with E-state index in [1.54, 1.807) is 6.07 Å². The first-order valence-corrected chi connectivity index (χ1v) is 6.61. The molecule has 0 spiro atoms. The number of halogens is 2. The van der Waals surface area contributed by atoms with Crippen molar-refractivity contribution in [2.45, 2.75) is 6.92 Å². The molecule has 2 rings (SSSR count). The number of aromatic hydroxyl groups is 1. The Hall–Kier alpha value is -1.63. The number of phenolic OH excluding ortho intramolecular Hbond substituents is 1. The molecule has 0 unspecified atom stereocenters. The summed E-state index contributed by atoms with van der Waals surface area (Å²) in [6, 6.07) is 8.78. The molecule has 98 valence electrons. The van der Waals surface area contributed by atoms with Crippen LogP contribution in [-0.4, -0.2) is 11.0 Å². The summed E-state index contributed by atoms with van der Waals surface area (Å²) in [5.74, 6) is -1.43. The SMILES string of the molecule is Cc1ccc(NC(=O)c2ccc(F)cc2O)cc1I. The predicted molar refractivity (Wildman–Crippen MR) is 79.9 cm³/mol. The van der Waals surface area contributed by atoms with E-state index in [4.69, 9.17) is 0 Å². The number of amides is 1. The minimum atomic E-state index is -0.584. The molecule has 19 heavy (non-hydrogen) atoms. The maximum absolute atomic E-state index is 12.8. The van der Waals surface area contributed by atoms with E-state index < -0.39 is 11.7 Å². The molecule has 0 fully saturated rings. The molecule has 2 aromatic rings. The van der Waals surface area contributed by atoms with Crippen molar-refractivity contribution < 1.29 is 14.3 Å². The summed E-state index contributed by atoms with van der Waals surface area (Å²) in [4.78, 5) is 11.9. The molecule has 3 nitrogen and oxygen atoms in total. The number of hydrogen-bond acceptors (Lipinski definition) is 2. The monoisotopic (exact) mass is 371 g/mol. The number of carbonyl (C=O) groups is 1. The van der Waals surface area contributed by atoms with Crippen molar-refractivity contribution in [3.8, 4) is 5.75 Å². The number of nitrogens with one attached hydrogen (secondary N) is 1. The first-order valence-electron chi connectivity index (χ1n) is 5.53. The highest BCUT2D eigenvalue weighted by Crippen LogP contribution is 2.21. The zero-order valence-electron chi connectivity index (χ0n) is 10.1. The second kappa shape index (κ2) is 5.56. The normalized spacial score (nSPS) is 10.3. The second-order valence-electron chi connectivity index (χ2n) is 4.08. The van der Waals surface area contributed by atoms with Gasteiger partial charge < -0.3 is 10.4 Å². The highest BCUT2D eigenvalue weighted by atomic mass is 127. The molecule has 0 radical (unpaired) electrons. The zero-order chi connectivity index (χ0) is 14.0. The van der Waals surface area contributed by atoms with Crippen LogP contribution in [0.15, 0.2) is 36.4 Å². The lowest BCUT2D eigenvalue weighted by Crippen LogP contribution is -2.12. The van der Waals surface area contributed by atoms with Gasteiger partial charge in [-0.3, -0.25) is 4.79 Å². The summed E-state index contributed by atoms with van der Waals surface area (Å²) in [5.41, 5.74) is 1.78. The number of hydrogen-bond donors (Lipinski definition) is 2. The van der Waals surface area contributed by atoms with Crippen molar-refractivity contribution in [2.75, 3.05) is 5.32 Å². The minimum absolute atomic E-state index is 0.0389. The number of benzene rings is 2. The molecule has 0 saturated heterocycles. The van der Waals surface area contributed by atoms with Crippen LogP contribution in [-0.2, 0) is 0 Å². The topological polar surface area (TPSA) is 49.3 Å². The van der Waals surface area contributed by atoms with Crippen molar-refractivity contribution in [3.05, 3.63) is 56.9 Å². The van der Waals surface area contributed by atoms with Gasteiger partial charge in [-0.05, 0) is 59.3 Å². The van der Waals surface area contributed by atoms with E-state index in [1.807, 2.05) is 19.1 Å². The number of rotatable bonds is 2. The largest absolute Gasteiger partial charge is 0.507 e. The van der Waals surface area contributed by atoms with E-state index in [0.29, 0.717) is 5.69 Å². The minimum Gasteiger partial charge on any atom is -0.507 e. The fourth-order valence-corrected chi connectivity index (χ4v) is 2.08. The van der Waals surface area contributed by atoms with Gasteiger partial charge in [-0.1, -0.05) is 6.07 Å². The molecule has 2 aromatic carbocycles. The Bertz CT molecular complexity index is 643. The van der Waals surface area contributed by atoms with Crippen LogP contribution in [0.5, 0.6) is 5.75 Å². The molecule has 5 heteroatoms. The summed E-state index contributed by atoms with van der Waals surface area (Å²) in [5, 5.41) is 12.2. The highest BCUT2D eigenvalue weighted by molar-refractivity contribution is 14.1. The van der Waals surface area contributed by atoms with Gasteiger partial charge in [0.1, 0.15) is 11.6 Å². The Balaban J connectivity index is 2.23. The lowest BCUT2D eigenvalue weighted by atomic mass is 10.1. The van der Waals surface area contributed by atoms with Crippen LogP contribution in [0.3, 0.4) is 0 Å². The lowest BCUT2D eigenvalue weighted by Gasteiger charge is -2.08. The number of carbonyl (C=O) groups excluding carboxylic acids is 1. The Morgan fingerprint density at radius 1 is 1.26 bits per heavy atom. The van der Waals surface area contributed by atoms with Gasteiger partial charge in [-0.15, -0.1) is 0 Å². The molecule has 0 aliphatic heterocycles. The highest BCUT2D eigenvalue weighted by Gasteiger charge is 2.12. The summed E-state index contributed by atoms with van der Waals surface area (Å²) >= 11 is 2.17. The molecule has 0 bridgehead atoms. The standard InChI is InChI=1S/C14H11FINO2/c1-8-2-4-10(7-12(8)16)17-14(19)11-5-3-9(15)6-13(11)18/h2-7,18H,1H3,(H,17,19). The van der Waals surface area contributed by atoms with Crippen LogP contribution in [0.1, 0.15) is 15.9 Å². The third kappa shape index (κ3) is 3.23. The van der Waals surface area contributed by atoms with Gasteiger partial charge in [-0.25, -0.2) is 4.39 Å². The van der Waals surface area contributed by atoms with E-state index in [2.05, 4.69) is 27.9 Å². The first-order chi connectivity index (χ1) is 8.97. The Morgan fingerprint density at radius 2 is 2.00 bits per heavy atom.